The highest BCUT2D eigenvalue weighted by molar-refractivity contribution is 6.36. The molecule has 1 saturated carbocycles. The number of hydrogen-bond acceptors (Lipinski definition) is 5. The number of benzene rings is 2. The summed E-state index contributed by atoms with van der Waals surface area (Å²) >= 11 is 12.5. The number of halogens is 2. The van der Waals surface area contributed by atoms with Gasteiger partial charge < -0.3 is 15.1 Å². The van der Waals surface area contributed by atoms with E-state index >= 15 is 0 Å². The molecule has 1 aliphatic heterocycles. The van der Waals surface area contributed by atoms with Crippen LogP contribution in [0.2, 0.25) is 10.0 Å². The zero-order valence-corrected chi connectivity index (χ0v) is 21.8. The minimum atomic E-state index is 0.0569. The van der Waals surface area contributed by atoms with Gasteiger partial charge in [-0.2, -0.15) is 0 Å². The summed E-state index contributed by atoms with van der Waals surface area (Å²) in [6.45, 7) is 2.91. The molecule has 1 aliphatic carbocycles. The summed E-state index contributed by atoms with van der Waals surface area (Å²) in [5, 5.41) is 4.59. The Labute approximate surface area is 222 Å². The van der Waals surface area contributed by atoms with Crippen LogP contribution in [-0.4, -0.2) is 53.0 Å². The molecule has 2 aliphatic rings. The molecule has 188 valence electrons. The Morgan fingerprint density at radius 2 is 1.61 bits per heavy atom. The lowest BCUT2D eigenvalue weighted by atomic mass is 9.96. The molecule has 0 unspecified atom stereocenters. The van der Waals surface area contributed by atoms with Gasteiger partial charge in [0.1, 0.15) is 0 Å². The first-order chi connectivity index (χ1) is 17.6. The van der Waals surface area contributed by atoms with E-state index in [1.807, 2.05) is 17.2 Å². The normalized spacial score (nSPS) is 16.7. The zero-order chi connectivity index (χ0) is 24.9. The van der Waals surface area contributed by atoms with Crippen LogP contribution in [0.3, 0.4) is 0 Å². The van der Waals surface area contributed by atoms with Crippen LogP contribution in [0.25, 0.3) is 11.3 Å². The van der Waals surface area contributed by atoms with Crippen LogP contribution in [0, 0.1) is 0 Å². The zero-order valence-electron chi connectivity index (χ0n) is 20.3. The van der Waals surface area contributed by atoms with Crippen molar-refractivity contribution in [2.24, 2.45) is 0 Å². The Hall–Kier alpha value is -2.83. The maximum Gasteiger partial charge on any atom is 0.227 e. The highest BCUT2D eigenvalue weighted by atomic mass is 35.5. The van der Waals surface area contributed by atoms with Crippen LogP contribution in [0.5, 0.6) is 0 Å². The van der Waals surface area contributed by atoms with Crippen molar-refractivity contribution in [2.75, 3.05) is 36.4 Å². The van der Waals surface area contributed by atoms with Gasteiger partial charge in [-0.3, -0.25) is 4.79 Å². The van der Waals surface area contributed by atoms with E-state index < -0.39 is 0 Å². The lowest BCUT2D eigenvalue weighted by Crippen LogP contribution is -2.49. The number of carbonyl (C=O) groups excluding carboxylic acids is 1. The van der Waals surface area contributed by atoms with Crippen molar-refractivity contribution in [1.82, 2.24) is 14.9 Å². The molecule has 0 spiro atoms. The van der Waals surface area contributed by atoms with Crippen LogP contribution < -0.4 is 10.2 Å². The molecule has 5 rings (SSSR count). The number of anilines is 2. The molecule has 8 heteroatoms. The number of piperazine rings is 1. The molecule has 36 heavy (non-hydrogen) atoms. The number of nitrogens with zero attached hydrogens (tertiary/aromatic N) is 4. The van der Waals surface area contributed by atoms with Gasteiger partial charge in [-0.25, -0.2) is 9.97 Å². The Bertz CT molecular complexity index is 1170. The summed E-state index contributed by atoms with van der Waals surface area (Å²) in [6, 6.07) is 16.2. The van der Waals surface area contributed by atoms with Gasteiger partial charge in [-0.05, 0) is 48.7 Å². The standard InChI is InChI=1S/C28H31Cl2N5O/c29-24-7-4-8-25(30)23(24)19-27(36)35-17-15-34(16-18-35)22-11-9-20(10-12-22)26-13-14-31-28(33-26)32-21-5-2-1-3-6-21/h4,7-14,21H,1-3,5-6,15-19H2,(H,31,32,33). The summed E-state index contributed by atoms with van der Waals surface area (Å²) in [6.07, 6.45) is 8.31. The van der Waals surface area contributed by atoms with Crippen LogP contribution in [-0.2, 0) is 11.2 Å². The lowest BCUT2D eigenvalue weighted by molar-refractivity contribution is -0.130. The maximum atomic E-state index is 12.8. The van der Waals surface area contributed by atoms with E-state index in [9.17, 15) is 4.79 Å². The predicted molar refractivity (Wildman–Crippen MR) is 147 cm³/mol. The molecular weight excluding hydrogens is 493 g/mol. The minimum absolute atomic E-state index is 0.0569. The molecule has 1 aromatic heterocycles. The molecule has 1 amide bonds. The number of amides is 1. The molecule has 0 radical (unpaired) electrons. The Morgan fingerprint density at radius 3 is 2.31 bits per heavy atom. The third kappa shape index (κ3) is 5.93. The highest BCUT2D eigenvalue weighted by Gasteiger charge is 2.23. The van der Waals surface area contributed by atoms with E-state index in [-0.39, 0.29) is 12.3 Å². The molecule has 0 atom stereocenters. The van der Waals surface area contributed by atoms with Crippen molar-refractivity contribution in [3.8, 4) is 11.3 Å². The fraction of sp³-hybridized carbons (Fsp3) is 0.393. The maximum absolute atomic E-state index is 12.8. The van der Waals surface area contributed by atoms with E-state index in [0.717, 1.165) is 30.0 Å². The topological polar surface area (TPSA) is 61.4 Å². The first-order valence-electron chi connectivity index (χ1n) is 12.7. The van der Waals surface area contributed by atoms with Gasteiger partial charge in [0, 0.05) is 59.7 Å². The Morgan fingerprint density at radius 1 is 0.917 bits per heavy atom. The molecular formula is C28H31Cl2N5O. The SMILES string of the molecule is O=C(Cc1c(Cl)cccc1Cl)N1CCN(c2ccc(-c3ccnc(NC4CCCCC4)n3)cc2)CC1. The Kier molecular flexibility index (Phi) is 7.93. The first-order valence-corrected chi connectivity index (χ1v) is 13.5. The van der Waals surface area contributed by atoms with Crippen molar-refractivity contribution in [2.45, 2.75) is 44.6 Å². The van der Waals surface area contributed by atoms with E-state index in [1.54, 1.807) is 18.2 Å². The van der Waals surface area contributed by atoms with Gasteiger partial charge in [0.25, 0.3) is 0 Å². The summed E-state index contributed by atoms with van der Waals surface area (Å²) in [5.41, 5.74) is 3.84. The second kappa shape index (κ2) is 11.5. The number of carbonyl (C=O) groups is 1. The number of aromatic nitrogens is 2. The molecule has 2 heterocycles. The van der Waals surface area contributed by atoms with Gasteiger partial charge in [-0.15, -0.1) is 0 Å². The number of nitrogens with one attached hydrogen (secondary N) is 1. The molecule has 2 aromatic carbocycles. The smallest absolute Gasteiger partial charge is 0.227 e. The summed E-state index contributed by atoms with van der Waals surface area (Å²) in [7, 11) is 0. The average molecular weight is 524 g/mol. The van der Waals surface area contributed by atoms with Crippen LogP contribution in [0.4, 0.5) is 11.6 Å². The van der Waals surface area contributed by atoms with E-state index in [2.05, 4.69) is 39.5 Å². The summed E-state index contributed by atoms with van der Waals surface area (Å²) in [5.74, 6) is 0.767. The van der Waals surface area contributed by atoms with Crippen LogP contribution in [0.15, 0.2) is 54.7 Å². The van der Waals surface area contributed by atoms with E-state index in [1.165, 1.54) is 32.1 Å². The molecule has 0 bridgehead atoms. The van der Waals surface area contributed by atoms with Gasteiger partial charge in [-0.1, -0.05) is 60.7 Å². The molecule has 1 saturated heterocycles. The van der Waals surface area contributed by atoms with Gasteiger partial charge in [0.05, 0.1) is 12.1 Å². The molecule has 2 fully saturated rings. The summed E-state index contributed by atoms with van der Waals surface area (Å²) < 4.78 is 0. The van der Waals surface area contributed by atoms with Crippen molar-refractivity contribution in [3.63, 3.8) is 0 Å². The number of hydrogen-bond donors (Lipinski definition) is 1. The largest absolute Gasteiger partial charge is 0.368 e. The molecule has 3 aromatic rings. The molecule has 1 N–H and O–H groups in total. The monoisotopic (exact) mass is 523 g/mol. The second-order valence-corrected chi connectivity index (χ2v) is 10.4. The summed E-state index contributed by atoms with van der Waals surface area (Å²) in [4.78, 5) is 26.2. The van der Waals surface area contributed by atoms with Crippen molar-refractivity contribution < 1.29 is 4.79 Å². The molecule has 6 nitrogen and oxygen atoms in total. The quantitative estimate of drug-likeness (QED) is 0.423. The second-order valence-electron chi connectivity index (χ2n) is 9.54. The van der Waals surface area contributed by atoms with Gasteiger partial charge >= 0.3 is 0 Å². The van der Waals surface area contributed by atoms with E-state index in [0.29, 0.717) is 40.7 Å². The minimum Gasteiger partial charge on any atom is -0.368 e. The third-order valence-electron chi connectivity index (χ3n) is 7.14. The van der Waals surface area contributed by atoms with Gasteiger partial charge in [0.15, 0.2) is 0 Å². The first kappa shape index (κ1) is 24.8. The fourth-order valence-corrected chi connectivity index (χ4v) is 5.57. The average Bonchev–Trinajstić information content (AvgIpc) is 2.92. The number of rotatable bonds is 6. The lowest BCUT2D eigenvalue weighted by Gasteiger charge is -2.36. The van der Waals surface area contributed by atoms with Crippen molar-refractivity contribution >= 4 is 40.7 Å². The fourth-order valence-electron chi connectivity index (χ4n) is 5.04. The van der Waals surface area contributed by atoms with Crippen molar-refractivity contribution in [1.29, 1.82) is 0 Å². The third-order valence-corrected chi connectivity index (χ3v) is 7.85. The van der Waals surface area contributed by atoms with Crippen molar-refractivity contribution in [3.05, 3.63) is 70.3 Å². The van der Waals surface area contributed by atoms with E-state index in [4.69, 9.17) is 28.2 Å². The Balaban J connectivity index is 1.17. The predicted octanol–water partition coefficient (Wildman–Crippen LogP) is 6.09. The highest BCUT2D eigenvalue weighted by Crippen LogP contribution is 2.27. The van der Waals surface area contributed by atoms with Crippen LogP contribution >= 0.6 is 23.2 Å². The van der Waals surface area contributed by atoms with Crippen LogP contribution in [0.1, 0.15) is 37.7 Å². The van der Waals surface area contributed by atoms with Gasteiger partial charge in [0.2, 0.25) is 11.9 Å².